The van der Waals surface area contributed by atoms with E-state index in [-0.39, 0.29) is 11.8 Å². The molecule has 0 spiro atoms. The summed E-state index contributed by atoms with van der Waals surface area (Å²) >= 11 is 1.70. The highest BCUT2D eigenvalue weighted by Gasteiger charge is 2.20. The zero-order valence-corrected chi connectivity index (χ0v) is 32.6. The van der Waals surface area contributed by atoms with Crippen molar-refractivity contribution in [2.24, 2.45) is 5.92 Å². The van der Waals surface area contributed by atoms with Gasteiger partial charge in [0, 0.05) is 73.9 Å². The Labute approximate surface area is 319 Å². The standard InChI is InChI=1S/C43H55N5O4S/c1-5-6-25-51-26-27-52-38-16-11-33(12-17-38)34-13-20-40-36(28-34)29-35(9-7-23-48(40)30-32(2)3)43(50)46-37-14-18-39(19-15-37)53-31-41-45-21-24-47(41)22-8-10-42(49)44-4/h11-21,24,28-29,32H,5-10,22-23,25-27,30-31H2,1-4H3,(H,44,49)(H,46,50)/b35-29+. The number of hydrogen-bond acceptors (Lipinski definition) is 7. The van der Waals surface area contributed by atoms with Gasteiger partial charge in [-0.05, 0) is 103 Å². The third-order valence-electron chi connectivity index (χ3n) is 9.14. The number of aromatic nitrogens is 2. The zero-order valence-electron chi connectivity index (χ0n) is 31.7. The van der Waals surface area contributed by atoms with Gasteiger partial charge in [-0.1, -0.05) is 45.4 Å². The second-order valence-corrected chi connectivity index (χ2v) is 14.9. The van der Waals surface area contributed by atoms with Gasteiger partial charge in [0.05, 0.1) is 12.4 Å². The van der Waals surface area contributed by atoms with Crippen LogP contribution in [-0.4, -0.2) is 61.3 Å². The Hall–Kier alpha value is -4.54. The number of carbonyl (C=O) groups is 2. The first-order valence-electron chi connectivity index (χ1n) is 19.0. The molecular formula is C43H55N5O4S. The van der Waals surface area contributed by atoms with E-state index >= 15 is 0 Å². The number of fused-ring (bicyclic) bond motifs is 1. The fourth-order valence-electron chi connectivity index (χ4n) is 6.31. The van der Waals surface area contributed by atoms with Gasteiger partial charge >= 0.3 is 0 Å². The molecule has 53 heavy (non-hydrogen) atoms. The molecule has 10 heteroatoms. The summed E-state index contributed by atoms with van der Waals surface area (Å²) in [6, 6.07) is 22.8. The van der Waals surface area contributed by atoms with Crippen molar-refractivity contribution in [2.45, 2.75) is 76.5 Å². The van der Waals surface area contributed by atoms with Crippen LogP contribution in [-0.2, 0) is 26.6 Å². The predicted octanol–water partition coefficient (Wildman–Crippen LogP) is 8.84. The number of thioether (sulfide) groups is 1. The number of aryl methyl sites for hydroxylation is 1. The van der Waals surface area contributed by atoms with E-state index in [1.807, 2.05) is 42.6 Å². The van der Waals surface area contributed by atoms with E-state index in [4.69, 9.17) is 9.47 Å². The second kappa shape index (κ2) is 20.6. The monoisotopic (exact) mass is 737 g/mol. The highest BCUT2D eigenvalue weighted by molar-refractivity contribution is 7.98. The predicted molar refractivity (Wildman–Crippen MR) is 218 cm³/mol. The van der Waals surface area contributed by atoms with Gasteiger partial charge in [-0.15, -0.1) is 11.8 Å². The minimum atomic E-state index is -0.0713. The molecule has 0 fully saturated rings. The highest BCUT2D eigenvalue weighted by atomic mass is 32.2. The molecule has 0 bridgehead atoms. The number of ether oxygens (including phenoxy) is 2. The normalized spacial score (nSPS) is 13.8. The van der Waals surface area contributed by atoms with E-state index in [0.717, 1.165) is 102 Å². The number of unbranched alkanes of at least 4 members (excludes halogenated alkanes) is 1. The molecule has 0 aliphatic carbocycles. The highest BCUT2D eigenvalue weighted by Crippen LogP contribution is 2.33. The first-order valence-corrected chi connectivity index (χ1v) is 20.0. The summed E-state index contributed by atoms with van der Waals surface area (Å²) in [7, 11) is 1.66. The summed E-state index contributed by atoms with van der Waals surface area (Å²) < 4.78 is 13.6. The zero-order chi connectivity index (χ0) is 37.4. The van der Waals surface area contributed by atoms with Crippen molar-refractivity contribution in [1.82, 2.24) is 14.9 Å². The summed E-state index contributed by atoms with van der Waals surface area (Å²) in [6.07, 6.45) is 10.9. The van der Waals surface area contributed by atoms with Crippen LogP contribution in [0, 0.1) is 5.92 Å². The molecule has 1 aliphatic heterocycles. The van der Waals surface area contributed by atoms with Gasteiger partial charge in [-0.3, -0.25) is 9.59 Å². The number of carbonyl (C=O) groups excluding carboxylic acids is 2. The smallest absolute Gasteiger partial charge is 0.251 e. The van der Waals surface area contributed by atoms with E-state index in [9.17, 15) is 9.59 Å². The van der Waals surface area contributed by atoms with Gasteiger partial charge in [-0.2, -0.15) is 0 Å². The Morgan fingerprint density at radius 1 is 0.962 bits per heavy atom. The Balaban J connectivity index is 1.24. The minimum Gasteiger partial charge on any atom is -0.491 e. The number of anilines is 2. The first-order chi connectivity index (χ1) is 25.8. The van der Waals surface area contributed by atoms with Gasteiger partial charge in [0.1, 0.15) is 18.2 Å². The molecule has 3 aromatic carbocycles. The lowest BCUT2D eigenvalue weighted by Crippen LogP contribution is -2.30. The number of rotatable bonds is 19. The molecule has 9 nitrogen and oxygen atoms in total. The number of nitrogens with zero attached hydrogens (tertiary/aromatic N) is 3. The van der Waals surface area contributed by atoms with Crippen molar-refractivity contribution < 1.29 is 19.1 Å². The molecule has 2 N–H and O–H groups in total. The molecule has 2 amide bonds. The van der Waals surface area contributed by atoms with Crippen LogP contribution in [0.3, 0.4) is 0 Å². The van der Waals surface area contributed by atoms with Crippen LogP contribution in [0.1, 0.15) is 70.7 Å². The van der Waals surface area contributed by atoms with Crippen LogP contribution in [0.4, 0.5) is 11.4 Å². The fraction of sp³-hybridized carbons (Fsp3) is 0.419. The van der Waals surface area contributed by atoms with Crippen molar-refractivity contribution in [3.8, 4) is 16.9 Å². The number of amides is 2. The van der Waals surface area contributed by atoms with Gasteiger partial charge in [0.15, 0.2) is 0 Å². The van der Waals surface area contributed by atoms with Crippen molar-refractivity contribution in [1.29, 1.82) is 0 Å². The van der Waals surface area contributed by atoms with Gasteiger partial charge in [0.2, 0.25) is 5.91 Å². The maximum absolute atomic E-state index is 13.7. The van der Waals surface area contributed by atoms with Crippen LogP contribution in [0.15, 0.2) is 89.6 Å². The van der Waals surface area contributed by atoms with Gasteiger partial charge in [0.25, 0.3) is 5.91 Å². The van der Waals surface area contributed by atoms with E-state index in [2.05, 4.69) is 82.3 Å². The molecule has 1 aromatic heterocycles. The number of benzene rings is 3. The summed E-state index contributed by atoms with van der Waals surface area (Å²) in [6.45, 7) is 11.1. The SMILES string of the molecule is CCCCOCCOc1ccc(-c2ccc3c(c2)/C=C(/C(=O)Nc2ccc(SCc4nccn4CCCC(=O)NC)cc2)CCCN3CC(C)C)cc1. The molecule has 0 atom stereocenters. The molecule has 1 aliphatic rings. The Morgan fingerprint density at radius 2 is 1.75 bits per heavy atom. The Morgan fingerprint density at radius 3 is 2.51 bits per heavy atom. The third kappa shape index (κ3) is 12.3. The molecular weight excluding hydrogens is 683 g/mol. The molecule has 5 rings (SSSR count). The number of imidazole rings is 1. The summed E-state index contributed by atoms with van der Waals surface area (Å²) in [5, 5.41) is 5.83. The average Bonchev–Trinajstić information content (AvgIpc) is 3.61. The largest absolute Gasteiger partial charge is 0.491 e. The van der Waals surface area contributed by atoms with Crippen molar-refractivity contribution >= 4 is 41.0 Å². The van der Waals surface area contributed by atoms with Crippen LogP contribution < -0.4 is 20.3 Å². The topological polar surface area (TPSA) is 97.7 Å². The fourth-order valence-corrected chi connectivity index (χ4v) is 7.18. The lowest BCUT2D eigenvalue weighted by molar-refractivity contribution is -0.120. The second-order valence-electron chi connectivity index (χ2n) is 13.8. The average molecular weight is 738 g/mol. The number of nitrogens with one attached hydrogen (secondary N) is 2. The van der Waals surface area contributed by atoms with Gasteiger partial charge < -0.3 is 29.6 Å². The van der Waals surface area contributed by atoms with Crippen LogP contribution >= 0.6 is 11.8 Å². The molecule has 0 radical (unpaired) electrons. The van der Waals surface area contributed by atoms with E-state index in [0.29, 0.717) is 37.7 Å². The van der Waals surface area contributed by atoms with E-state index < -0.39 is 0 Å². The molecule has 4 aromatic rings. The minimum absolute atomic E-state index is 0.0506. The van der Waals surface area contributed by atoms with E-state index in [1.165, 1.54) is 0 Å². The van der Waals surface area contributed by atoms with Crippen LogP contribution in [0.2, 0.25) is 0 Å². The molecule has 282 valence electrons. The lowest BCUT2D eigenvalue weighted by atomic mass is 9.96. The first kappa shape index (κ1) is 39.7. The Bertz CT molecular complexity index is 1790. The van der Waals surface area contributed by atoms with E-state index in [1.54, 1.807) is 25.0 Å². The third-order valence-corrected chi connectivity index (χ3v) is 10.1. The van der Waals surface area contributed by atoms with Crippen LogP contribution in [0.5, 0.6) is 5.75 Å². The summed E-state index contributed by atoms with van der Waals surface area (Å²) in [4.78, 5) is 33.4. The summed E-state index contributed by atoms with van der Waals surface area (Å²) in [5.74, 6) is 3.01. The molecule has 0 unspecified atom stereocenters. The summed E-state index contributed by atoms with van der Waals surface area (Å²) in [5.41, 5.74) is 5.94. The Kier molecular flexibility index (Phi) is 15.4. The quantitative estimate of drug-likeness (QED) is 0.0733. The molecule has 0 saturated heterocycles. The lowest BCUT2D eigenvalue weighted by Gasteiger charge is -2.30. The number of hydrogen-bond donors (Lipinski definition) is 2. The van der Waals surface area contributed by atoms with Crippen molar-refractivity contribution in [3.05, 3.63) is 96.1 Å². The maximum atomic E-state index is 13.7. The van der Waals surface area contributed by atoms with Crippen molar-refractivity contribution in [3.63, 3.8) is 0 Å². The van der Waals surface area contributed by atoms with Crippen molar-refractivity contribution in [2.75, 3.05) is 50.2 Å². The van der Waals surface area contributed by atoms with Crippen LogP contribution in [0.25, 0.3) is 17.2 Å². The maximum Gasteiger partial charge on any atom is 0.251 e. The molecule has 0 saturated carbocycles. The molecule has 2 heterocycles. The van der Waals surface area contributed by atoms with Gasteiger partial charge in [-0.25, -0.2) is 4.98 Å².